The van der Waals surface area contributed by atoms with Crippen LogP contribution in [-0.2, 0) is 10.0 Å². The van der Waals surface area contributed by atoms with Gasteiger partial charge in [-0.25, -0.2) is 13.8 Å². The molecule has 0 aliphatic rings. The van der Waals surface area contributed by atoms with Gasteiger partial charge in [-0.1, -0.05) is 0 Å². The highest BCUT2D eigenvalue weighted by molar-refractivity contribution is 7.89. The van der Waals surface area contributed by atoms with Crippen LogP contribution in [0, 0.1) is 0 Å². The number of sulfonamides is 1. The van der Waals surface area contributed by atoms with Gasteiger partial charge in [0.2, 0.25) is 0 Å². The predicted molar refractivity (Wildman–Crippen MR) is 45.0 cm³/mol. The van der Waals surface area contributed by atoms with Gasteiger partial charge in [0, 0.05) is 6.04 Å². The van der Waals surface area contributed by atoms with Crippen LogP contribution in [-0.4, -0.2) is 29.6 Å². The third-order valence-electron chi connectivity index (χ3n) is 1.13. The zero-order valence-electron chi connectivity index (χ0n) is 7.27. The van der Waals surface area contributed by atoms with Gasteiger partial charge in [0.05, 0.1) is 0 Å². The molecule has 0 atom stereocenters. The molecule has 0 aliphatic carbocycles. The van der Waals surface area contributed by atoms with Crippen molar-refractivity contribution in [2.45, 2.75) is 25.0 Å². The first kappa shape index (κ1) is 10.1. The summed E-state index contributed by atoms with van der Waals surface area (Å²) in [6.07, 6.45) is 1.20. The Morgan fingerprint density at radius 3 is 2.69 bits per heavy atom. The molecule has 0 saturated heterocycles. The molecule has 1 aromatic heterocycles. The van der Waals surface area contributed by atoms with Crippen LogP contribution in [0.15, 0.2) is 11.5 Å². The number of aromatic amines is 1. The fourth-order valence-electron chi connectivity index (χ4n) is 0.569. The van der Waals surface area contributed by atoms with Crippen LogP contribution in [0.5, 0.6) is 0 Å². The molecular weight excluding hydrogens is 194 g/mol. The van der Waals surface area contributed by atoms with E-state index in [1.807, 2.05) is 13.8 Å². The fourth-order valence-corrected chi connectivity index (χ4v) is 1.42. The van der Waals surface area contributed by atoms with Crippen LogP contribution in [0.2, 0.25) is 0 Å². The van der Waals surface area contributed by atoms with Crippen molar-refractivity contribution in [3.8, 4) is 0 Å². The summed E-state index contributed by atoms with van der Waals surface area (Å²) in [6, 6.07) is 0.0118. The van der Waals surface area contributed by atoms with Gasteiger partial charge in [-0.2, -0.15) is 0 Å². The van der Waals surface area contributed by atoms with Crippen LogP contribution < -0.4 is 10.3 Å². The Morgan fingerprint density at radius 2 is 2.23 bits per heavy atom. The van der Waals surface area contributed by atoms with Crippen LogP contribution in [0.1, 0.15) is 13.8 Å². The SMILES string of the molecule is CC(C)NNS(=O)(=O)c1nnc[nH]1. The third kappa shape index (κ3) is 2.76. The normalized spacial score (nSPS) is 12.2. The van der Waals surface area contributed by atoms with E-state index < -0.39 is 10.0 Å². The van der Waals surface area contributed by atoms with Crippen molar-refractivity contribution < 1.29 is 8.42 Å². The number of nitrogens with zero attached hydrogens (tertiary/aromatic N) is 2. The average Bonchev–Trinajstić information content (AvgIpc) is 2.53. The quantitative estimate of drug-likeness (QED) is 0.547. The highest BCUT2D eigenvalue weighted by atomic mass is 32.2. The molecule has 0 bridgehead atoms. The van der Waals surface area contributed by atoms with Crippen molar-refractivity contribution in [1.29, 1.82) is 0 Å². The summed E-state index contributed by atoms with van der Waals surface area (Å²) in [5.41, 5.74) is 2.55. The zero-order valence-corrected chi connectivity index (χ0v) is 8.09. The highest BCUT2D eigenvalue weighted by Crippen LogP contribution is 1.95. The smallest absolute Gasteiger partial charge is 0.288 e. The topological polar surface area (TPSA) is 99.8 Å². The molecule has 0 unspecified atom stereocenters. The monoisotopic (exact) mass is 205 g/mol. The first-order valence-electron chi connectivity index (χ1n) is 3.66. The Morgan fingerprint density at radius 1 is 1.54 bits per heavy atom. The van der Waals surface area contributed by atoms with Gasteiger partial charge in [-0.05, 0) is 13.8 Å². The Hall–Kier alpha value is -0.990. The molecule has 0 amide bonds. The summed E-state index contributed by atoms with van der Waals surface area (Å²) in [5, 5.41) is 6.53. The van der Waals surface area contributed by atoms with Gasteiger partial charge in [-0.3, -0.25) is 0 Å². The third-order valence-corrected chi connectivity index (χ3v) is 2.23. The minimum atomic E-state index is -3.60. The van der Waals surface area contributed by atoms with Gasteiger partial charge in [0.15, 0.2) is 0 Å². The largest absolute Gasteiger partial charge is 0.317 e. The van der Waals surface area contributed by atoms with E-state index in [-0.39, 0.29) is 11.2 Å². The van der Waals surface area contributed by atoms with E-state index in [0.717, 1.165) is 0 Å². The number of nitrogens with one attached hydrogen (secondary N) is 3. The molecule has 3 N–H and O–H groups in total. The predicted octanol–water partition coefficient (Wildman–Crippen LogP) is -1.00. The van der Waals surface area contributed by atoms with E-state index in [1.54, 1.807) is 0 Å². The number of rotatable bonds is 4. The summed E-state index contributed by atoms with van der Waals surface area (Å²) in [7, 11) is -3.60. The minimum absolute atomic E-state index is 0.0118. The lowest BCUT2D eigenvalue weighted by atomic mass is 10.4. The van der Waals surface area contributed by atoms with Gasteiger partial charge in [-0.15, -0.1) is 15.0 Å². The number of aromatic nitrogens is 3. The van der Waals surface area contributed by atoms with Gasteiger partial charge in [0.25, 0.3) is 15.2 Å². The van der Waals surface area contributed by atoms with Crippen LogP contribution in [0.3, 0.4) is 0 Å². The summed E-state index contributed by atoms with van der Waals surface area (Å²) < 4.78 is 22.6. The second kappa shape index (κ2) is 3.81. The lowest BCUT2D eigenvalue weighted by Gasteiger charge is -2.07. The molecule has 13 heavy (non-hydrogen) atoms. The van der Waals surface area contributed by atoms with Crippen LogP contribution in [0.25, 0.3) is 0 Å². The molecule has 1 aromatic rings. The average molecular weight is 205 g/mol. The molecule has 8 heteroatoms. The molecule has 0 saturated carbocycles. The first-order valence-corrected chi connectivity index (χ1v) is 5.14. The van der Waals surface area contributed by atoms with Crippen molar-refractivity contribution in [3.63, 3.8) is 0 Å². The molecule has 0 fully saturated rings. The van der Waals surface area contributed by atoms with E-state index >= 15 is 0 Å². The Balaban J connectivity index is 2.68. The highest BCUT2D eigenvalue weighted by Gasteiger charge is 2.16. The Kier molecular flexibility index (Phi) is 2.96. The molecule has 0 radical (unpaired) electrons. The summed E-state index contributed by atoms with van der Waals surface area (Å²) in [5.74, 6) is 0. The van der Waals surface area contributed by atoms with E-state index in [2.05, 4.69) is 25.4 Å². The number of hydrogen-bond acceptors (Lipinski definition) is 5. The summed E-state index contributed by atoms with van der Waals surface area (Å²) in [4.78, 5) is 4.54. The molecule has 0 aliphatic heterocycles. The Labute approximate surface area is 76.0 Å². The maximum absolute atomic E-state index is 11.3. The standard InChI is InChI=1S/C5H11N5O2S/c1-4(2)8-10-13(11,12)5-6-3-7-9-5/h3-4,8,10H,1-2H3,(H,6,7,9). The lowest BCUT2D eigenvalue weighted by molar-refractivity contribution is 0.517. The van der Waals surface area contributed by atoms with Crippen LogP contribution >= 0.6 is 0 Å². The van der Waals surface area contributed by atoms with Gasteiger partial charge < -0.3 is 4.98 Å². The molecule has 1 heterocycles. The van der Waals surface area contributed by atoms with Gasteiger partial charge >= 0.3 is 0 Å². The summed E-state index contributed by atoms with van der Waals surface area (Å²) >= 11 is 0. The second-order valence-corrected chi connectivity index (χ2v) is 4.30. The number of H-pyrrole nitrogens is 1. The van der Waals surface area contributed by atoms with Gasteiger partial charge in [0.1, 0.15) is 6.33 Å². The van der Waals surface area contributed by atoms with Crippen molar-refractivity contribution in [3.05, 3.63) is 6.33 Å². The van der Waals surface area contributed by atoms with Crippen molar-refractivity contribution in [2.75, 3.05) is 0 Å². The Bertz CT molecular complexity index is 343. The van der Waals surface area contributed by atoms with E-state index in [0.29, 0.717) is 0 Å². The summed E-state index contributed by atoms with van der Waals surface area (Å²) in [6.45, 7) is 3.62. The maximum Gasteiger partial charge on any atom is 0.288 e. The van der Waals surface area contributed by atoms with Crippen molar-refractivity contribution in [2.24, 2.45) is 0 Å². The molecule has 0 spiro atoms. The lowest BCUT2D eigenvalue weighted by Crippen LogP contribution is -2.41. The molecular formula is C5H11N5O2S. The minimum Gasteiger partial charge on any atom is -0.317 e. The number of hydrogen-bond donors (Lipinski definition) is 3. The van der Waals surface area contributed by atoms with Crippen molar-refractivity contribution in [1.82, 2.24) is 25.4 Å². The van der Waals surface area contributed by atoms with E-state index in [1.165, 1.54) is 6.33 Å². The maximum atomic E-state index is 11.3. The molecule has 7 nitrogen and oxygen atoms in total. The van der Waals surface area contributed by atoms with E-state index in [9.17, 15) is 8.42 Å². The number of hydrazine groups is 1. The second-order valence-electron chi connectivity index (χ2n) is 2.70. The fraction of sp³-hybridized carbons (Fsp3) is 0.600. The zero-order chi connectivity index (χ0) is 9.90. The molecule has 74 valence electrons. The van der Waals surface area contributed by atoms with E-state index in [4.69, 9.17) is 0 Å². The van der Waals surface area contributed by atoms with Crippen LogP contribution in [0.4, 0.5) is 0 Å². The molecule has 0 aromatic carbocycles. The molecule has 1 rings (SSSR count). The van der Waals surface area contributed by atoms with Crippen molar-refractivity contribution >= 4 is 10.0 Å². The first-order chi connectivity index (χ1) is 6.02.